The van der Waals surface area contributed by atoms with E-state index in [1.165, 1.54) is 11.8 Å². The van der Waals surface area contributed by atoms with Gasteiger partial charge >= 0.3 is 0 Å². The number of nitrogens with zero attached hydrogens (tertiary/aromatic N) is 2. The Labute approximate surface area is 197 Å². The number of benzene rings is 2. The molecular formula is C25H29N3O4S. The van der Waals surface area contributed by atoms with Gasteiger partial charge in [0.25, 0.3) is 5.56 Å². The summed E-state index contributed by atoms with van der Waals surface area (Å²) in [4.78, 5) is 29.8. The van der Waals surface area contributed by atoms with Gasteiger partial charge in [0.2, 0.25) is 5.91 Å². The maximum atomic E-state index is 12.8. The largest absolute Gasteiger partial charge is 0.490 e. The van der Waals surface area contributed by atoms with E-state index in [0.717, 1.165) is 11.3 Å². The van der Waals surface area contributed by atoms with Crippen molar-refractivity contribution in [2.75, 3.05) is 25.5 Å². The number of allylic oxidation sites excluding steroid dienone is 1. The van der Waals surface area contributed by atoms with Gasteiger partial charge in [-0.3, -0.25) is 14.2 Å². The Morgan fingerprint density at radius 1 is 1.15 bits per heavy atom. The molecule has 0 atom stereocenters. The Morgan fingerprint density at radius 2 is 1.91 bits per heavy atom. The van der Waals surface area contributed by atoms with Crippen LogP contribution in [0.2, 0.25) is 0 Å². The maximum absolute atomic E-state index is 12.8. The predicted molar refractivity (Wildman–Crippen MR) is 132 cm³/mol. The molecule has 1 aromatic heterocycles. The van der Waals surface area contributed by atoms with E-state index in [4.69, 9.17) is 9.47 Å². The molecule has 0 aliphatic carbocycles. The number of fused-ring (bicyclic) bond motifs is 1. The van der Waals surface area contributed by atoms with Crippen molar-refractivity contribution in [3.63, 3.8) is 0 Å². The zero-order chi connectivity index (χ0) is 23.6. The fourth-order valence-corrected chi connectivity index (χ4v) is 4.16. The highest BCUT2D eigenvalue weighted by molar-refractivity contribution is 7.99. The highest BCUT2D eigenvalue weighted by Crippen LogP contribution is 2.28. The van der Waals surface area contributed by atoms with E-state index in [-0.39, 0.29) is 17.2 Å². The number of para-hydroxylation sites is 1. The molecule has 1 heterocycles. The molecule has 0 radical (unpaired) electrons. The minimum absolute atomic E-state index is 0.122. The number of carbonyl (C=O) groups excluding carboxylic acids is 1. The second-order valence-electron chi connectivity index (χ2n) is 7.15. The van der Waals surface area contributed by atoms with Crippen LogP contribution in [0.4, 0.5) is 0 Å². The summed E-state index contributed by atoms with van der Waals surface area (Å²) in [5.41, 5.74) is 1.53. The van der Waals surface area contributed by atoms with Crippen molar-refractivity contribution in [1.82, 2.24) is 14.9 Å². The Kier molecular flexibility index (Phi) is 8.95. The van der Waals surface area contributed by atoms with Crippen LogP contribution in [0.15, 0.2) is 65.1 Å². The molecule has 0 saturated carbocycles. The van der Waals surface area contributed by atoms with Crippen molar-refractivity contribution >= 4 is 28.6 Å². The van der Waals surface area contributed by atoms with Gasteiger partial charge in [0.15, 0.2) is 16.7 Å². The Hall–Kier alpha value is -3.26. The van der Waals surface area contributed by atoms with Gasteiger partial charge in [0, 0.05) is 13.1 Å². The lowest BCUT2D eigenvalue weighted by Crippen LogP contribution is -2.28. The molecule has 2 aromatic carbocycles. The van der Waals surface area contributed by atoms with Gasteiger partial charge in [-0.1, -0.05) is 36.0 Å². The fourth-order valence-electron chi connectivity index (χ4n) is 3.33. The average Bonchev–Trinajstić information content (AvgIpc) is 2.82. The molecule has 0 fully saturated rings. The van der Waals surface area contributed by atoms with E-state index in [2.05, 4.69) is 16.9 Å². The number of ether oxygens (including phenoxy) is 2. The summed E-state index contributed by atoms with van der Waals surface area (Å²) < 4.78 is 12.8. The Morgan fingerprint density at radius 3 is 2.67 bits per heavy atom. The van der Waals surface area contributed by atoms with E-state index in [9.17, 15) is 9.59 Å². The van der Waals surface area contributed by atoms with E-state index in [1.54, 1.807) is 22.8 Å². The molecule has 0 aliphatic heterocycles. The summed E-state index contributed by atoms with van der Waals surface area (Å²) in [6.45, 7) is 9.53. The summed E-state index contributed by atoms with van der Waals surface area (Å²) in [6.07, 6.45) is 2.31. The smallest absolute Gasteiger partial charge is 0.262 e. The van der Waals surface area contributed by atoms with E-state index in [1.807, 2.05) is 44.2 Å². The summed E-state index contributed by atoms with van der Waals surface area (Å²) in [6, 6.07) is 13.0. The van der Waals surface area contributed by atoms with Crippen molar-refractivity contribution in [2.24, 2.45) is 0 Å². The third kappa shape index (κ3) is 6.38. The number of carbonyl (C=O) groups is 1. The van der Waals surface area contributed by atoms with Crippen LogP contribution in [0.5, 0.6) is 11.5 Å². The predicted octanol–water partition coefficient (Wildman–Crippen LogP) is 3.83. The van der Waals surface area contributed by atoms with Gasteiger partial charge in [-0.05, 0) is 50.1 Å². The molecule has 33 heavy (non-hydrogen) atoms. The lowest BCUT2D eigenvalue weighted by atomic mass is 10.1. The minimum Gasteiger partial charge on any atom is -0.490 e. The molecule has 1 N–H and O–H groups in total. The number of hydrogen-bond donors (Lipinski definition) is 1. The number of hydrogen-bond acceptors (Lipinski definition) is 6. The normalized spacial score (nSPS) is 10.7. The molecule has 1 amide bonds. The quantitative estimate of drug-likeness (QED) is 0.248. The number of amides is 1. The SMILES string of the molecule is C=CCn1c(SCC(=O)NCCc2ccc(OCC)c(OCC)c2)nc2ccccc2c1=O. The van der Waals surface area contributed by atoms with Crippen molar-refractivity contribution < 1.29 is 14.3 Å². The van der Waals surface area contributed by atoms with E-state index >= 15 is 0 Å². The van der Waals surface area contributed by atoms with Gasteiger partial charge < -0.3 is 14.8 Å². The van der Waals surface area contributed by atoms with Gasteiger partial charge in [-0.25, -0.2) is 4.98 Å². The Balaban J connectivity index is 1.59. The molecule has 0 saturated heterocycles. The van der Waals surface area contributed by atoms with Gasteiger partial charge in [-0.2, -0.15) is 0 Å². The first kappa shape index (κ1) is 24.4. The summed E-state index contributed by atoms with van der Waals surface area (Å²) >= 11 is 1.24. The molecule has 0 spiro atoms. The first-order valence-electron chi connectivity index (χ1n) is 11.0. The average molecular weight is 468 g/mol. The molecule has 0 bridgehead atoms. The van der Waals surface area contributed by atoms with Crippen LogP contribution in [0, 0.1) is 0 Å². The summed E-state index contributed by atoms with van der Waals surface area (Å²) in [7, 11) is 0. The van der Waals surface area contributed by atoms with Crippen LogP contribution >= 0.6 is 11.8 Å². The van der Waals surface area contributed by atoms with Crippen LogP contribution in [-0.2, 0) is 17.8 Å². The van der Waals surface area contributed by atoms with Gasteiger partial charge in [0.1, 0.15) is 0 Å². The number of aromatic nitrogens is 2. The van der Waals surface area contributed by atoms with Crippen LogP contribution in [0.1, 0.15) is 19.4 Å². The first-order valence-corrected chi connectivity index (χ1v) is 11.9. The molecule has 3 aromatic rings. The molecule has 3 rings (SSSR count). The van der Waals surface area contributed by atoms with Crippen molar-refractivity contribution in [3.8, 4) is 11.5 Å². The van der Waals surface area contributed by atoms with Crippen molar-refractivity contribution in [2.45, 2.75) is 32.0 Å². The van der Waals surface area contributed by atoms with Crippen LogP contribution in [0.3, 0.4) is 0 Å². The Bertz CT molecular complexity index is 1180. The molecule has 7 nitrogen and oxygen atoms in total. The topological polar surface area (TPSA) is 82.5 Å². The van der Waals surface area contributed by atoms with E-state index < -0.39 is 0 Å². The van der Waals surface area contributed by atoms with Crippen molar-refractivity contribution in [1.29, 1.82) is 0 Å². The minimum atomic E-state index is -0.135. The van der Waals surface area contributed by atoms with Crippen molar-refractivity contribution in [3.05, 3.63) is 71.0 Å². The maximum Gasteiger partial charge on any atom is 0.262 e. The lowest BCUT2D eigenvalue weighted by Gasteiger charge is -2.13. The molecular weight excluding hydrogens is 438 g/mol. The zero-order valence-corrected chi connectivity index (χ0v) is 19.8. The van der Waals surface area contributed by atoms with Gasteiger partial charge in [0.05, 0.1) is 29.9 Å². The summed E-state index contributed by atoms with van der Waals surface area (Å²) in [5, 5.41) is 3.98. The number of nitrogens with one attached hydrogen (secondary N) is 1. The van der Waals surface area contributed by atoms with Crippen LogP contribution in [-0.4, -0.2) is 41.0 Å². The monoisotopic (exact) mass is 467 g/mol. The molecule has 174 valence electrons. The third-order valence-electron chi connectivity index (χ3n) is 4.81. The van der Waals surface area contributed by atoms with E-state index in [0.29, 0.717) is 54.5 Å². The number of rotatable bonds is 12. The van der Waals surface area contributed by atoms with Gasteiger partial charge in [-0.15, -0.1) is 6.58 Å². The highest BCUT2D eigenvalue weighted by atomic mass is 32.2. The molecule has 0 unspecified atom stereocenters. The first-order chi connectivity index (χ1) is 16.1. The number of thioether (sulfide) groups is 1. The van der Waals surface area contributed by atoms with Crippen LogP contribution < -0.4 is 20.3 Å². The zero-order valence-electron chi connectivity index (χ0n) is 19.0. The standard InChI is InChI=1S/C25H29N3O4S/c1-4-15-28-24(30)19-9-7-8-10-20(19)27-25(28)33-17-23(29)26-14-13-18-11-12-21(31-5-2)22(16-18)32-6-3/h4,7-12,16H,1,5-6,13-15,17H2,2-3H3,(H,26,29). The summed E-state index contributed by atoms with van der Waals surface area (Å²) in [5.74, 6) is 1.47. The second-order valence-corrected chi connectivity index (χ2v) is 8.09. The fraction of sp³-hybridized carbons (Fsp3) is 0.320. The third-order valence-corrected chi connectivity index (χ3v) is 5.79. The highest BCUT2D eigenvalue weighted by Gasteiger charge is 2.13. The molecule has 8 heteroatoms. The second kappa shape index (κ2) is 12.1. The molecule has 0 aliphatic rings. The van der Waals surface area contributed by atoms with Crippen LogP contribution in [0.25, 0.3) is 10.9 Å². The lowest BCUT2D eigenvalue weighted by molar-refractivity contribution is -0.118.